The molecule has 5 saturated heterocycles. The molecule has 0 aromatic rings. The number of allylic oxidation sites excluding steroid dienone is 15. The topological polar surface area (TPSA) is 364 Å². The Morgan fingerprint density at radius 2 is 0.533 bits per heavy atom. The fourth-order valence-corrected chi connectivity index (χ4v) is 19.6. The van der Waals surface area contributed by atoms with E-state index in [1.54, 1.807) is 0 Å². The van der Waals surface area contributed by atoms with Gasteiger partial charge in [-0.3, -0.25) is 47.9 Å². The van der Waals surface area contributed by atoms with Gasteiger partial charge in [0.05, 0.1) is 110 Å². The molecule has 0 aromatic carbocycles. The molecular weight excluding hydrogens is 1900 g/mol. The predicted octanol–water partition coefficient (Wildman–Crippen LogP) is 22.9. The first-order valence-electron chi connectivity index (χ1n) is 89.7. The van der Waals surface area contributed by atoms with Gasteiger partial charge in [0.25, 0.3) is 0 Å². The predicted molar refractivity (Wildman–Crippen MR) is 577 cm³/mol. The minimum atomic E-state index is -3.88. The Bertz CT molecular complexity index is 8520. The summed E-state index contributed by atoms with van der Waals surface area (Å²) in [6.45, 7) is -27.7. The van der Waals surface area contributed by atoms with E-state index in [2.05, 4.69) is 25.5 Å². The lowest BCUT2D eigenvalue weighted by Gasteiger charge is -2.44. The van der Waals surface area contributed by atoms with Crippen molar-refractivity contribution in [2.75, 3.05) is 0 Å². The first-order chi connectivity index (χ1) is 103. The Balaban J connectivity index is 0.000000261. The van der Waals surface area contributed by atoms with Crippen molar-refractivity contribution in [2.45, 2.75) is 456 Å². The van der Waals surface area contributed by atoms with Crippen LogP contribution >= 0.6 is 0 Å². The van der Waals surface area contributed by atoms with E-state index in [1.165, 1.54) is 41.5 Å². The lowest BCUT2D eigenvalue weighted by atomic mass is 9.65. The molecule has 5 fully saturated rings. The standard InChI is InChI=1S/5C25H38O5/c5*1-6-25(4,5)24(28)30-21-12-15(2)11-17-8-7-16(3)20(23(17)21)10-9-19-13-18(26)14-22(27)29-19/h5*7-8,11,15-16,18-21,23,26H,6,9-10,12-14H2,1-5H3/t5*15-,16-,18+,19?,20-,21?,23-/m00000/s1/i1D3,2D3,4D3,6D2,7D,8D,11D,12D2,15D,16D,26D;2D3,4D3,5D3,7D,8D,11D,12D2,15D,16D,26D;1D3,2D3,6D2,7D,8D,11D,12D2,15D,16D,26D;2*2D3,4D3,7D,8D,11D,12D2,15D,16D,26D/t15-,16-,18+,19?,20-,21?,23-,25?;2m;2*15-,16-,18+,19?,20-,21?,23-,25?. The van der Waals surface area contributed by atoms with Gasteiger partial charge in [0.1, 0.15) is 61.0 Å². The molecule has 15 aliphatic rings. The molecule has 0 bridgehead atoms. The van der Waals surface area contributed by atoms with Gasteiger partial charge in [-0.15, -0.1) is 0 Å². The summed E-state index contributed by atoms with van der Waals surface area (Å²) >= 11 is 0. The van der Waals surface area contributed by atoms with Crippen LogP contribution in [-0.4, -0.2) is 184 Å². The van der Waals surface area contributed by atoms with Crippen molar-refractivity contribution in [2.24, 2.45) is 145 Å². The van der Waals surface area contributed by atoms with Crippen molar-refractivity contribution in [3.8, 4) is 0 Å². The molecule has 0 spiro atoms. The van der Waals surface area contributed by atoms with Crippen LogP contribution in [0.4, 0.5) is 0 Å². The highest BCUT2D eigenvalue weighted by Gasteiger charge is 2.52. The van der Waals surface area contributed by atoms with Crippen molar-refractivity contribution in [3.63, 3.8) is 0 Å². The van der Waals surface area contributed by atoms with E-state index in [-0.39, 0.29) is 141 Å². The molecule has 15 rings (SSSR count). The van der Waals surface area contributed by atoms with Crippen LogP contribution in [0.25, 0.3) is 0 Å². The van der Waals surface area contributed by atoms with Crippen molar-refractivity contribution < 1.29 is 224 Å². The van der Waals surface area contributed by atoms with Crippen LogP contribution in [-0.2, 0) is 95.3 Å². The summed E-state index contributed by atoms with van der Waals surface area (Å²) in [7, 11) is 0. The highest BCUT2D eigenvalue weighted by molar-refractivity contribution is 5.79. The highest BCUT2D eigenvalue weighted by atomic mass is 16.6. The molecule has 25 nitrogen and oxygen atoms in total. The number of fused-ring (bicyclic) bond motifs is 5. The largest absolute Gasteiger partial charge is 0.462 e. The van der Waals surface area contributed by atoms with Crippen LogP contribution in [0.15, 0.2) is 119 Å². The molecule has 5 heterocycles. The average Bonchev–Trinajstić information content (AvgIpc) is 0.679. The first-order valence-corrected chi connectivity index (χ1v) is 50.2. The fourth-order valence-electron chi connectivity index (χ4n) is 19.6. The zero-order valence-electron chi connectivity index (χ0n) is 166. The van der Waals surface area contributed by atoms with Crippen LogP contribution in [0.2, 0.25) is 0 Å². The third-order valence-corrected chi connectivity index (χ3v) is 28.9. The Labute approximate surface area is 1010 Å². The number of esters is 10. The molecule has 5 N–H and O–H groups in total. The lowest BCUT2D eigenvalue weighted by molar-refractivity contribution is -0.166. The van der Waals surface area contributed by atoms with E-state index >= 15 is 0 Å². The van der Waals surface area contributed by atoms with Crippen LogP contribution in [0.3, 0.4) is 0 Å². The van der Waals surface area contributed by atoms with Gasteiger partial charge in [-0.05, 0) is 313 Å². The molecule has 840 valence electrons. The van der Waals surface area contributed by atoms with Gasteiger partial charge in [0.15, 0.2) is 0 Å². The quantitative estimate of drug-likeness (QED) is 0.0291. The highest BCUT2D eigenvalue weighted by Crippen LogP contribution is 2.54. The average molecular weight is 2170 g/mol. The minimum absolute atomic E-state index is 0.0102. The van der Waals surface area contributed by atoms with Gasteiger partial charge < -0.3 is 72.9 Å². The molecule has 0 aromatic heterocycles. The van der Waals surface area contributed by atoms with Gasteiger partial charge in [-0.1, -0.05) is 194 Å². The van der Waals surface area contributed by atoms with E-state index in [1.807, 2.05) is 0 Å². The summed E-state index contributed by atoms with van der Waals surface area (Å²) in [5.41, 5.74) is -16.9. The summed E-state index contributed by atoms with van der Waals surface area (Å²) in [6, 6.07) is -13.8. The normalized spacial score (nSPS) is 54.0. The summed E-state index contributed by atoms with van der Waals surface area (Å²) < 4.78 is 719. The first kappa shape index (κ1) is 52.4. The van der Waals surface area contributed by atoms with Crippen LogP contribution in [0.5, 0.6) is 0 Å². The summed E-state index contributed by atoms with van der Waals surface area (Å²) in [4.78, 5) is 129. The molecule has 38 atom stereocenters. The zero-order valence-corrected chi connectivity index (χ0v) is 85.9. The summed E-state index contributed by atoms with van der Waals surface area (Å²) in [5.74, 6) is -55.3. The Morgan fingerprint density at radius 1 is 0.333 bits per heavy atom. The van der Waals surface area contributed by atoms with Crippen LogP contribution in [0, 0.1) is 145 Å². The molecule has 10 aliphatic carbocycles. The second kappa shape index (κ2) is 53.6. The van der Waals surface area contributed by atoms with E-state index in [0.29, 0.717) is 6.92 Å². The number of aliphatic hydroxyl groups is 5. The zero-order chi connectivity index (χ0) is 179. The molecule has 25 heteroatoms. The van der Waals surface area contributed by atoms with Crippen molar-refractivity contribution >= 4 is 59.7 Å². The number of aliphatic hydroxyl groups excluding tert-OH is 5. The number of ether oxygens (including phenoxy) is 10. The van der Waals surface area contributed by atoms with Gasteiger partial charge in [-0.25, -0.2) is 0 Å². The minimum Gasteiger partial charge on any atom is -0.462 e. The van der Waals surface area contributed by atoms with Crippen molar-refractivity contribution in [1.29, 1.82) is 7.16 Å². The Kier molecular flexibility index (Phi) is 18.7. The molecule has 0 saturated carbocycles. The maximum Gasteiger partial charge on any atom is 0.311 e. The Morgan fingerprint density at radius 3 is 0.727 bits per heavy atom. The number of cyclic esters (lactones) is 5. The Hall–Kier alpha value is -8.10. The van der Waals surface area contributed by atoms with E-state index in [0.717, 1.165) is 41.5 Å². The number of hydrogen-bond donors (Lipinski definition) is 5. The molecule has 150 heavy (non-hydrogen) atoms. The smallest absolute Gasteiger partial charge is 0.311 e. The number of rotatable bonds is 35. The molecular formula is C125H190O25. The maximum atomic E-state index is 14.0. The monoisotopic (exact) mass is 2170 g/mol. The number of hydrogen-bond acceptors (Lipinski definition) is 25. The summed E-state index contributed by atoms with van der Waals surface area (Å²) in [5, 5.41) is 22.7. The maximum absolute atomic E-state index is 14.0. The van der Waals surface area contributed by atoms with E-state index in [9.17, 15) is 47.9 Å². The van der Waals surface area contributed by atoms with Crippen molar-refractivity contribution in [3.05, 3.63) is 119 Å². The third-order valence-electron chi connectivity index (χ3n) is 28.9. The van der Waals surface area contributed by atoms with E-state index < -0.39 is 548 Å². The van der Waals surface area contributed by atoms with E-state index in [4.69, 9.17) is 157 Å². The summed E-state index contributed by atoms with van der Waals surface area (Å²) in [6.07, 6.45) is -48.6. The third kappa shape index (κ3) is 32.8. The molecule has 0 amide bonds. The fraction of sp³-hybridized carbons (Fsp3) is 0.760. The lowest BCUT2D eigenvalue weighted by Crippen LogP contribution is -2.43. The van der Waals surface area contributed by atoms with Gasteiger partial charge in [0, 0.05) is 144 Å². The SMILES string of the molecule is [2H]O[C@H]1CC(=O)OC(CC[C@@H]2[C@@H]3C(=C([2H])[C@]([2H])(C([2H])([2H])[2H])C([2H])([2H])C3OC(=O)C(C)(C([2H])([2H])[2H])C([2H])([2H])C([2H])([2H])[2H])C([2H])=C([2H])[C@]2([2H])C)C1.[2H]O[C@H]1CC(=O)OC(CC[C@@H]2[C@@H]3C(=C([2H])[C@]([2H])(C([2H])([2H])[2H])C([2H])([2H])C3OC(=O)C(C)(C)C([2H])([2H])C([2H])([2H])[2H])C([2H])=C([2H])[C@]2([2H])C)C1.[2H]O[C@H]1CC(=O)OC(CC[C@@H]2[C@@H]3C(=C([2H])[C@]([2H])(C([2H])([2H])[2H])C([2H])([2H])C3OC(=O)C(C)(CC)C([2H])([2H])[2H])C([2H])=C([2H])[C@]2([2H])C)C1.[2H]O[C@H]1CC(=O)OC(CC[C@@H]2[C@@H]3C(=C([2H])[C@]([2H])(C([2H])([2H])[2H])C([2H])([2H])C3OC(=O)C(C)(CC)C([2H])([2H])[2H])C([2H])=C([2H])[C@]2([2H])C)C1.[2H]O[C@H]1CC(=O)OC(CC[C@@H]2[C@@H]3C(=C([2H])[C@]([2H])(C([2H])([2H])[2H])C([2H])([2H])C3OC(=O)C(CC)(C([2H])([2H])[2H])C([2H])([2H])[2H])C([2H])=C([2H])[C@]2([2H])C)C1. The second-order valence-electron chi connectivity index (χ2n) is 41.1. The second-order valence-corrected chi connectivity index (χ2v) is 41.1. The number of carbonyl (C=O) groups is 10. The van der Waals surface area contributed by atoms with Gasteiger partial charge in [0.2, 0.25) is 7.16 Å². The van der Waals surface area contributed by atoms with Crippen molar-refractivity contribution in [1.82, 2.24) is 0 Å². The van der Waals surface area contributed by atoms with Crippen LogP contribution < -0.4 is 0 Å². The molecule has 13 unspecified atom stereocenters. The van der Waals surface area contributed by atoms with Gasteiger partial charge >= 0.3 is 59.7 Å². The molecule has 0 radical (unpaired) electrons. The molecule has 5 aliphatic heterocycles. The number of carbonyl (C=O) groups excluding carboxylic acids is 10. The van der Waals surface area contributed by atoms with Crippen LogP contribution in [0.1, 0.15) is 467 Å². The van der Waals surface area contributed by atoms with Gasteiger partial charge in [-0.2, -0.15) is 0 Å².